The minimum absolute atomic E-state index is 0.252. The number of carboxylic acid groups (broad SMARTS) is 1. The zero-order chi connectivity index (χ0) is 21.1. The maximum absolute atomic E-state index is 13.6. The van der Waals surface area contributed by atoms with Crippen LogP contribution in [0.2, 0.25) is 0 Å². The molecule has 1 aliphatic heterocycles. The van der Waals surface area contributed by atoms with Gasteiger partial charge in [-0.15, -0.1) is 0 Å². The number of benzene rings is 1. The van der Waals surface area contributed by atoms with Gasteiger partial charge in [-0.25, -0.2) is 9.18 Å². The van der Waals surface area contributed by atoms with E-state index in [2.05, 4.69) is 15.3 Å². The minimum atomic E-state index is -1.55. The third-order valence-corrected chi connectivity index (χ3v) is 5.39. The van der Waals surface area contributed by atoms with E-state index in [1.807, 2.05) is 4.90 Å². The number of aromatic nitrogens is 2. The number of carbonyl (C=O) groups is 1. The number of halogens is 1. The Kier molecular flexibility index (Phi) is 5.43. The van der Waals surface area contributed by atoms with Crippen molar-refractivity contribution in [2.24, 2.45) is 0 Å². The summed E-state index contributed by atoms with van der Waals surface area (Å²) in [5.74, 6) is -0.377. The number of nitrogens with zero attached hydrogens (tertiary/aromatic N) is 3. The lowest BCUT2D eigenvalue weighted by Crippen LogP contribution is -2.62. The molecule has 1 aromatic carbocycles. The molecule has 1 atom stereocenters. The van der Waals surface area contributed by atoms with Gasteiger partial charge in [0.05, 0.1) is 12.1 Å². The van der Waals surface area contributed by atoms with Crippen molar-refractivity contribution in [1.82, 2.24) is 20.2 Å². The maximum atomic E-state index is 13.6. The van der Waals surface area contributed by atoms with E-state index in [9.17, 15) is 14.3 Å². The number of hydrogen-bond donors (Lipinski definition) is 3. The molecule has 7 nitrogen and oxygen atoms in total. The van der Waals surface area contributed by atoms with Gasteiger partial charge in [0.15, 0.2) is 0 Å². The lowest BCUT2D eigenvalue weighted by atomic mass is 9.76. The fourth-order valence-corrected chi connectivity index (χ4v) is 4.01. The lowest BCUT2D eigenvalue weighted by molar-refractivity contribution is -0.0569. The molecule has 0 spiro atoms. The molecule has 0 saturated carbocycles. The molecule has 0 radical (unpaired) electrons. The van der Waals surface area contributed by atoms with Gasteiger partial charge in [-0.2, -0.15) is 0 Å². The van der Waals surface area contributed by atoms with Crippen molar-refractivity contribution in [3.63, 3.8) is 0 Å². The molecule has 2 aromatic heterocycles. The monoisotopic (exact) mass is 408 g/mol. The molecule has 3 N–H and O–H groups in total. The van der Waals surface area contributed by atoms with E-state index in [1.54, 1.807) is 61.2 Å². The molecular weight excluding hydrogens is 387 g/mol. The second kappa shape index (κ2) is 8.17. The Morgan fingerprint density at radius 1 is 1.07 bits per heavy atom. The molecule has 0 bridgehead atoms. The standard InChI is InChI=1S/C22H21FN4O3/c23-18-7-5-15(6-8-18)20(27-13-19(14-27)26-21(28)29)22(30,16-3-1-9-24-11-16)17-4-2-10-25-12-17/h1-12,19-20,26,30H,13-14H2,(H,28,29). The predicted molar refractivity (Wildman–Crippen MR) is 107 cm³/mol. The SMILES string of the molecule is O=C(O)NC1CN(C(c2ccc(F)cc2)C(O)(c2cccnc2)c2cccnc2)C1. The minimum Gasteiger partial charge on any atom is -0.465 e. The summed E-state index contributed by atoms with van der Waals surface area (Å²) in [7, 11) is 0. The third kappa shape index (κ3) is 3.74. The van der Waals surface area contributed by atoms with Crippen molar-refractivity contribution in [1.29, 1.82) is 0 Å². The average molecular weight is 408 g/mol. The van der Waals surface area contributed by atoms with Gasteiger partial charge in [0, 0.05) is 49.0 Å². The third-order valence-electron chi connectivity index (χ3n) is 5.39. The molecule has 154 valence electrons. The zero-order valence-corrected chi connectivity index (χ0v) is 16.0. The second-order valence-corrected chi connectivity index (χ2v) is 7.30. The predicted octanol–water partition coefficient (Wildman–Crippen LogP) is 2.54. The molecule has 8 heteroatoms. The van der Waals surface area contributed by atoms with E-state index in [1.165, 1.54) is 12.1 Å². The summed E-state index contributed by atoms with van der Waals surface area (Å²) < 4.78 is 13.6. The van der Waals surface area contributed by atoms with Crippen LogP contribution in [0.3, 0.4) is 0 Å². The summed E-state index contributed by atoms with van der Waals surface area (Å²) in [4.78, 5) is 21.3. The first-order valence-corrected chi connectivity index (χ1v) is 9.51. The number of likely N-dealkylation sites (tertiary alicyclic amines) is 1. The molecule has 1 amide bonds. The molecular formula is C22H21FN4O3. The first kappa shape index (κ1) is 19.9. The van der Waals surface area contributed by atoms with Crippen molar-refractivity contribution in [3.8, 4) is 0 Å². The van der Waals surface area contributed by atoms with Crippen molar-refractivity contribution in [2.45, 2.75) is 17.7 Å². The molecule has 3 aromatic rings. The van der Waals surface area contributed by atoms with E-state index in [0.29, 0.717) is 29.8 Å². The Balaban J connectivity index is 1.82. The van der Waals surface area contributed by atoms with Crippen LogP contribution < -0.4 is 5.32 Å². The summed E-state index contributed by atoms with van der Waals surface area (Å²) in [6, 6.07) is 12.1. The molecule has 30 heavy (non-hydrogen) atoms. The van der Waals surface area contributed by atoms with Gasteiger partial charge < -0.3 is 15.5 Å². The molecule has 1 unspecified atom stereocenters. The number of nitrogens with one attached hydrogen (secondary N) is 1. The van der Waals surface area contributed by atoms with Crippen LogP contribution in [0.4, 0.5) is 9.18 Å². The zero-order valence-electron chi connectivity index (χ0n) is 16.0. The largest absolute Gasteiger partial charge is 0.465 e. The van der Waals surface area contributed by atoms with Crippen molar-refractivity contribution >= 4 is 6.09 Å². The summed E-state index contributed by atoms with van der Waals surface area (Å²) in [6.07, 6.45) is 5.34. The Morgan fingerprint density at radius 2 is 1.63 bits per heavy atom. The van der Waals surface area contributed by atoms with Crippen LogP contribution in [-0.4, -0.2) is 50.3 Å². The van der Waals surface area contributed by atoms with Crippen LogP contribution in [-0.2, 0) is 5.60 Å². The average Bonchev–Trinajstić information content (AvgIpc) is 2.74. The van der Waals surface area contributed by atoms with Crippen LogP contribution in [0, 0.1) is 5.82 Å². The topological polar surface area (TPSA) is 98.6 Å². The van der Waals surface area contributed by atoms with Crippen molar-refractivity contribution < 1.29 is 19.4 Å². The van der Waals surface area contributed by atoms with Crippen LogP contribution >= 0.6 is 0 Å². The molecule has 3 heterocycles. The Labute approximate surface area is 172 Å². The summed E-state index contributed by atoms with van der Waals surface area (Å²) in [6.45, 7) is 0.800. The first-order valence-electron chi connectivity index (χ1n) is 9.51. The number of aliphatic hydroxyl groups is 1. The van der Waals surface area contributed by atoms with Gasteiger partial charge in [0.2, 0.25) is 0 Å². The molecule has 0 aliphatic carbocycles. The normalized spacial score (nSPS) is 15.9. The van der Waals surface area contributed by atoms with E-state index < -0.39 is 17.7 Å². The quantitative estimate of drug-likeness (QED) is 0.580. The number of rotatable bonds is 6. The highest BCUT2D eigenvalue weighted by molar-refractivity contribution is 5.65. The molecule has 4 rings (SSSR count). The number of hydrogen-bond acceptors (Lipinski definition) is 5. The van der Waals surface area contributed by atoms with Crippen LogP contribution in [0.5, 0.6) is 0 Å². The first-order chi connectivity index (χ1) is 14.5. The van der Waals surface area contributed by atoms with E-state index in [0.717, 1.165) is 0 Å². The van der Waals surface area contributed by atoms with E-state index >= 15 is 0 Å². The lowest BCUT2D eigenvalue weighted by Gasteiger charge is -2.50. The summed E-state index contributed by atoms with van der Waals surface area (Å²) >= 11 is 0. The Morgan fingerprint density at radius 3 is 2.10 bits per heavy atom. The second-order valence-electron chi connectivity index (χ2n) is 7.30. The van der Waals surface area contributed by atoms with Crippen LogP contribution in [0.15, 0.2) is 73.3 Å². The van der Waals surface area contributed by atoms with Gasteiger partial charge in [-0.1, -0.05) is 24.3 Å². The highest BCUT2D eigenvalue weighted by atomic mass is 19.1. The van der Waals surface area contributed by atoms with E-state index in [4.69, 9.17) is 5.11 Å². The van der Waals surface area contributed by atoms with Gasteiger partial charge >= 0.3 is 6.09 Å². The Hall–Kier alpha value is -3.36. The van der Waals surface area contributed by atoms with Crippen LogP contribution in [0.1, 0.15) is 22.7 Å². The highest BCUT2D eigenvalue weighted by Gasteiger charge is 2.48. The smallest absolute Gasteiger partial charge is 0.404 e. The number of amides is 1. The molecule has 1 saturated heterocycles. The van der Waals surface area contributed by atoms with Crippen molar-refractivity contribution in [3.05, 3.63) is 95.8 Å². The fraction of sp³-hybridized carbons (Fsp3) is 0.227. The summed E-state index contributed by atoms with van der Waals surface area (Å²) in [5.41, 5.74) is 0.262. The maximum Gasteiger partial charge on any atom is 0.404 e. The fourth-order valence-electron chi connectivity index (χ4n) is 4.01. The summed E-state index contributed by atoms with van der Waals surface area (Å²) in [5, 5.41) is 23.7. The van der Waals surface area contributed by atoms with Gasteiger partial charge in [0.25, 0.3) is 0 Å². The molecule has 1 fully saturated rings. The van der Waals surface area contributed by atoms with Gasteiger partial charge in [-0.3, -0.25) is 14.9 Å². The van der Waals surface area contributed by atoms with Gasteiger partial charge in [-0.05, 0) is 29.8 Å². The highest BCUT2D eigenvalue weighted by Crippen LogP contribution is 2.45. The Bertz CT molecular complexity index is 956. The number of pyridine rings is 2. The van der Waals surface area contributed by atoms with Gasteiger partial charge in [0.1, 0.15) is 11.4 Å². The van der Waals surface area contributed by atoms with Crippen LogP contribution in [0.25, 0.3) is 0 Å². The van der Waals surface area contributed by atoms with Crippen molar-refractivity contribution in [2.75, 3.05) is 13.1 Å². The molecule has 1 aliphatic rings. The van der Waals surface area contributed by atoms with E-state index in [-0.39, 0.29) is 11.9 Å².